The second-order valence-electron chi connectivity index (χ2n) is 11.6. The van der Waals surface area contributed by atoms with Crippen LogP contribution in [0.25, 0.3) is 20.9 Å². The number of amides is 1. The fourth-order valence-corrected chi connectivity index (χ4v) is 5.97. The molecule has 1 aliphatic heterocycles. The van der Waals surface area contributed by atoms with Crippen LogP contribution in [0.5, 0.6) is 23.0 Å². The SMILES string of the molecule is COc1cc(OC)c(CNC(=O)[C@]2(Cc3ccccc3N=[N+]=[N-])N=C(c3ccc(OCCCO)cc3)O[C@@H]2c2ccccc2CN=[N+]=[N-])c(OC)c1. The third-order valence-corrected chi connectivity index (χ3v) is 8.52. The highest BCUT2D eigenvalue weighted by atomic mass is 16.5. The van der Waals surface area contributed by atoms with Gasteiger partial charge in [-0.2, -0.15) is 0 Å². The first-order valence-electron chi connectivity index (χ1n) is 16.3. The van der Waals surface area contributed by atoms with Crippen LogP contribution in [0.3, 0.4) is 0 Å². The number of nitrogens with zero attached hydrogens (tertiary/aromatic N) is 7. The molecule has 4 aromatic rings. The lowest BCUT2D eigenvalue weighted by molar-refractivity contribution is -0.129. The maximum absolute atomic E-state index is 15.0. The van der Waals surface area contributed by atoms with E-state index in [0.717, 1.165) is 0 Å². The number of methoxy groups -OCH3 is 3. The maximum Gasteiger partial charge on any atom is 0.252 e. The van der Waals surface area contributed by atoms with Crippen molar-refractivity contribution < 1.29 is 33.6 Å². The zero-order chi connectivity index (χ0) is 36.9. The Bertz CT molecular complexity index is 1980. The molecule has 0 saturated carbocycles. The van der Waals surface area contributed by atoms with Crippen molar-refractivity contribution in [1.82, 2.24) is 5.32 Å². The van der Waals surface area contributed by atoms with Gasteiger partial charge in [-0.25, -0.2) is 4.99 Å². The number of nitrogens with one attached hydrogen (secondary N) is 1. The molecule has 52 heavy (non-hydrogen) atoms. The van der Waals surface area contributed by atoms with Crippen molar-refractivity contribution in [2.24, 2.45) is 15.2 Å². The molecular formula is C37H38N8O7. The second-order valence-corrected chi connectivity index (χ2v) is 11.6. The van der Waals surface area contributed by atoms with Crippen molar-refractivity contribution in [2.45, 2.75) is 37.6 Å². The van der Waals surface area contributed by atoms with Gasteiger partial charge in [0.15, 0.2) is 11.6 Å². The van der Waals surface area contributed by atoms with E-state index in [2.05, 4.69) is 25.4 Å². The van der Waals surface area contributed by atoms with Gasteiger partial charge in [0, 0.05) is 52.7 Å². The summed E-state index contributed by atoms with van der Waals surface area (Å²) < 4.78 is 29.1. The van der Waals surface area contributed by atoms with Crippen LogP contribution >= 0.6 is 0 Å². The number of carbonyl (C=O) groups excluding carboxylic acids is 1. The molecule has 4 aromatic carbocycles. The first-order valence-corrected chi connectivity index (χ1v) is 16.3. The van der Waals surface area contributed by atoms with Crippen molar-refractivity contribution >= 4 is 17.5 Å². The molecule has 268 valence electrons. The molecule has 0 fully saturated rings. The van der Waals surface area contributed by atoms with E-state index in [1.165, 1.54) is 21.3 Å². The van der Waals surface area contributed by atoms with Crippen molar-refractivity contribution in [2.75, 3.05) is 34.5 Å². The Morgan fingerprint density at radius 1 is 0.923 bits per heavy atom. The van der Waals surface area contributed by atoms with Crippen molar-refractivity contribution in [3.8, 4) is 23.0 Å². The normalized spacial score (nSPS) is 16.0. The van der Waals surface area contributed by atoms with Crippen LogP contribution in [0.1, 0.15) is 40.3 Å². The zero-order valence-corrected chi connectivity index (χ0v) is 28.9. The molecule has 0 bridgehead atoms. The summed E-state index contributed by atoms with van der Waals surface area (Å²) in [6, 6.07) is 24.6. The summed E-state index contributed by atoms with van der Waals surface area (Å²) in [6.45, 7) is 0.326. The van der Waals surface area contributed by atoms with E-state index in [1.807, 2.05) is 0 Å². The molecule has 0 spiro atoms. The van der Waals surface area contributed by atoms with Crippen LogP contribution in [0.15, 0.2) is 100 Å². The number of rotatable bonds is 17. The topological polar surface area (TPSA) is 205 Å². The summed E-state index contributed by atoms with van der Waals surface area (Å²) in [5.74, 6) is 1.64. The van der Waals surface area contributed by atoms with Crippen LogP contribution in [-0.2, 0) is 29.0 Å². The maximum atomic E-state index is 15.0. The minimum atomic E-state index is -1.69. The van der Waals surface area contributed by atoms with Gasteiger partial charge in [0.1, 0.15) is 23.0 Å². The predicted octanol–water partition coefficient (Wildman–Crippen LogP) is 7.04. The Morgan fingerprint density at radius 2 is 1.62 bits per heavy atom. The molecule has 1 amide bonds. The molecule has 0 radical (unpaired) electrons. The molecule has 2 atom stereocenters. The number of hydrogen-bond acceptors (Lipinski definition) is 10. The van der Waals surface area contributed by atoms with E-state index in [4.69, 9.17) is 33.8 Å². The zero-order valence-electron chi connectivity index (χ0n) is 28.9. The first kappa shape index (κ1) is 36.9. The summed E-state index contributed by atoms with van der Waals surface area (Å²) >= 11 is 0. The Labute approximate surface area is 300 Å². The van der Waals surface area contributed by atoms with Crippen LogP contribution in [-0.4, -0.2) is 57.0 Å². The molecule has 0 aromatic heterocycles. The monoisotopic (exact) mass is 706 g/mol. The average molecular weight is 707 g/mol. The first-order chi connectivity index (χ1) is 25.4. The van der Waals surface area contributed by atoms with Gasteiger partial charge in [0.05, 0.1) is 46.6 Å². The summed E-state index contributed by atoms with van der Waals surface area (Å²) in [6.07, 6.45) is -0.596. The van der Waals surface area contributed by atoms with E-state index in [0.29, 0.717) is 69.5 Å². The fraction of sp³-hybridized carbons (Fsp3) is 0.297. The van der Waals surface area contributed by atoms with Gasteiger partial charge in [0.25, 0.3) is 5.91 Å². The van der Waals surface area contributed by atoms with Crippen LogP contribution in [0, 0.1) is 0 Å². The molecule has 0 saturated heterocycles. The van der Waals surface area contributed by atoms with E-state index < -0.39 is 17.6 Å². The van der Waals surface area contributed by atoms with Gasteiger partial charge in [0.2, 0.25) is 5.90 Å². The highest BCUT2D eigenvalue weighted by Gasteiger charge is 2.54. The summed E-state index contributed by atoms with van der Waals surface area (Å²) in [5.41, 5.74) is 20.1. The number of aliphatic hydroxyl groups is 1. The molecular weight excluding hydrogens is 668 g/mol. The Kier molecular flexibility index (Phi) is 12.4. The third kappa shape index (κ3) is 8.14. The smallest absolute Gasteiger partial charge is 0.252 e. The van der Waals surface area contributed by atoms with Crippen LogP contribution < -0.4 is 24.3 Å². The van der Waals surface area contributed by atoms with Gasteiger partial charge < -0.3 is 34.1 Å². The summed E-state index contributed by atoms with van der Waals surface area (Å²) in [7, 11) is 4.55. The molecule has 5 rings (SSSR count). The molecule has 2 N–H and O–H groups in total. The number of azide groups is 2. The highest BCUT2D eigenvalue weighted by molar-refractivity contribution is 6.01. The third-order valence-electron chi connectivity index (χ3n) is 8.52. The molecule has 15 nitrogen and oxygen atoms in total. The lowest BCUT2D eigenvalue weighted by Crippen LogP contribution is -2.50. The Balaban J connectivity index is 1.67. The van der Waals surface area contributed by atoms with Gasteiger partial charge in [-0.05, 0) is 52.0 Å². The lowest BCUT2D eigenvalue weighted by atomic mass is 9.80. The van der Waals surface area contributed by atoms with Gasteiger partial charge in [-0.1, -0.05) is 58.8 Å². The van der Waals surface area contributed by atoms with Crippen molar-refractivity contribution in [3.05, 3.63) is 134 Å². The molecule has 0 aliphatic carbocycles. The molecule has 1 aliphatic rings. The quantitative estimate of drug-likeness (QED) is 0.0506. The number of hydrogen-bond donors (Lipinski definition) is 2. The van der Waals surface area contributed by atoms with Crippen LogP contribution in [0.4, 0.5) is 5.69 Å². The number of benzene rings is 4. The number of ether oxygens (including phenoxy) is 5. The minimum absolute atomic E-state index is 0.00496. The summed E-state index contributed by atoms with van der Waals surface area (Å²) in [4.78, 5) is 26.0. The van der Waals surface area contributed by atoms with E-state index in [1.54, 1.807) is 84.9 Å². The number of aliphatic hydroxyl groups excluding tert-OH is 1. The predicted molar refractivity (Wildman–Crippen MR) is 193 cm³/mol. The van der Waals surface area contributed by atoms with Crippen LogP contribution in [0.2, 0.25) is 0 Å². The van der Waals surface area contributed by atoms with E-state index in [-0.39, 0.29) is 32.0 Å². The summed E-state index contributed by atoms with van der Waals surface area (Å²) in [5, 5.41) is 19.9. The molecule has 15 heteroatoms. The Hall–Kier alpha value is -6.40. The standard InChI is InChI=1S/C37H38N8O7/c1-48-28-19-32(49-2)30(33(20-28)50-3)23-40-36(47)37(21-25-9-5-7-12-31(25)43-45-39)34(29-11-6-4-10-26(29)22-41-44-38)52-35(42-37)24-13-15-27(16-14-24)51-18-8-17-46/h4-7,9-16,19-20,34,46H,8,17-18,21-23H2,1-3H3,(H,40,47)/t34-,37-/m1/s1. The number of aliphatic imine (C=N–C) groups is 1. The molecule has 0 unspecified atom stereocenters. The Morgan fingerprint density at radius 3 is 2.27 bits per heavy atom. The second kappa shape index (κ2) is 17.5. The minimum Gasteiger partial charge on any atom is -0.496 e. The van der Waals surface area contributed by atoms with Crippen molar-refractivity contribution in [1.29, 1.82) is 0 Å². The van der Waals surface area contributed by atoms with E-state index >= 15 is 0 Å². The van der Waals surface area contributed by atoms with Crippen molar-refractivity contribution in [3.63, 3.8) is 0 Å². The van der Waals surface area contributed by atoms with Gasteiger partial charge >= 0.3 is 0 Å². The fourth-order valence-electron chi connectivity index (χ4n) is 5.97. The van der Waals surface area contributed by atoms with Gasteiger partial charge in [-0.3, -0.25) is 4.79 Å². The average Bonchev–Trinajstić information content (AvgIpc) is 3.57. The number of carbonyl (C=O) groups is 1. The largest absolute Gasteiger partial charge is 0.496 e. The van der Waals surface area contributed by atoms with Gasteiger partial charge in [-0.15, -0.1) is 0 Å². The molecule has 1 heterocycles. The highest BCUT2D eigenvalue weighted by Crippen LogP contribution is 2.45. The van der Waals surface area contributed by atoms with E-state index in [9.17, 15) is 15.9 Å². The lowest BCUT2D eigenvalue weighted by Gasteiger charge is -2.32.